The number of halogens is 1. The zero-order chi connectivity index (χ0) is 5.11. The Bertz CT molecular complexity index is 126. The van der Waals surface area contributed by atoms with Crippen molar-refractivity contribution in [3.63, 3.8) is 0 Å². The van der Waals surface area contributed by atoms with Gasteiger partial charge in [-0.15, -0.1) is 0 Å². The molecular weight excluding hydrogens is 97.0 g/mol. The molecular formula is C4H4FNO. The van der Waals surface area contributed by atoms with Gasteiger partial charge < -0.3 is 4.52 Å². The van der Waals surface area contributed by atoms with Crippen LogP contribution in [0.2, 0.25) is 0 Å². The molecule has 1 heterocycles. The summed E-state index contributed by atoms with van der Waals surface area (Å²) in [5, 5.41) is 3.28. The third-order valence-electron chi connectivity index (χ3n) is 0.623. The Hall–Kier alpha value is -0.860. The molecule has 0 radical (unpaired) electrons. The molecule has 0 atom stereocenters. The van der Waals surface area contributed by atoms with Crippen molar-refractivity contribution in [2.45, 2.75) is 6.67 Å². The molecule has 0 aliphatic heterocycles. The van der Waals surface area contributed by atoms with Crippen molar-refractivity contribution in [1.82, 2.24) is 5.16 Å². The molecule has 0 amide bonds. The van der Waals surface area contributed by atoms with E-state index >= 15 is 0 Å². The summed E-state index contributed by atoms with van der Waals surface area (Å²) in [6.45, 7) is -0.569. The van der Waals surface area contributed by atoms with E-state index in [1.807, 2.05) is 0 Å². The Morgan fingerprint density at radius 1 is 1.86 bits per heavy atom. The van der Waals surface area contributed by atoms with Gasteiger partial charge in [0.25, 0.3) is 0 Å². The lowest BCUT2D eigenvalue weighted by Gasteiger charge is -1.73. The molecule has 0 fully saturated rings. The van der Waals surface area contributed by atoms with E-state index in [1.165, 1.54) is 12.3 Å². The molecule has 0 unspecified atom stereocenters. The summed E-state index contributed by atoms with van der Waals surface area (Å²) in [5.74, 6) is 0.278. The predicted molar refractivity (Wildman–Crippen MR) is 21.3 cm³/mol. The van der Waals surface area contributed by atoms with E-state index in [9.17, 15) is 4.39 Å². The van der Waals surface area contributed by atoms with E-state index in [1.54, 1.807) is 0 Å². The molecule has 1 rings (SSSR count). The van der Waals surface area contributed by atoms with Crippen molar-refractivity contribution in [3.05, 3.63) is 18.0 Å². The van der Waals surface area contributed by atoms with Gasteiger partial charge in [-0.25, -0.2) is 4.39 Å². The minimum absolute atomic E-state index is 0.278. The second-order valence-electron chi connectivity index (χ2n) is 1.11. The first-order valence-corrected chi connectivity index (χ1v) is 1.89. The normalized spacial score (nSPS) is 9.29. The lowest BCUT2D eigenvalue weighted by molar-refractivity contribution is 0.330. The van der Waals surface area contributed by atoms with E-state index in [0.717, 1.165) is 0 Å². The average molecular weight is 101 g/mol. The highest BCUT2D eigenvalue weighted by molar-refractivity contribution is 4.89. The maximum Gasteiger partial charge on any atom is 0.167 e. The van der Waals surface area contributed by atoms with Gasteiger partial charge in [0, 0.05) is 6.07 Å². The van der Waals surface area contributed by atoms with Gasteiger partial charge in [-0.05, 0) is 0 Å². The van der Waals surface area contributed by atoms with Crippen LogP contribution in [0.4, 0.5) is 4.39 Å². The quantitative estimate of drug-likeness (QED) is 0.530. The number of hydrogen-bond donors (Lipinski definition) is 0. The fourth-order valence-corrected chi connectivity index (χ4v) is 0.311. The third kappa shape index (κ3) is 0.765. The van der Waals surface area contributed by atoms with Crippen LogP contribution < -0.4 is 0 Å². The van der Waals surface area contributed by atoms with E-state index in [2.05, 4.69) is 9.68 Å². The minimum atomic E-state index is -0.569. The number of hydrogen-bond acceptors (Lipinski definition) is 2. The number of aromatic nitrogens is 1. The van der Waals surface area contributed by atoms with Crippen LogP contribution in [0.25, 0.3) is 0 Å². The van der Waals surface area contributed by atoms with Crippen molar-refractivity contribution < 1.29 is 8.91 Å². The number of nitrogens with zero attached hydrogens (tertiary/aromatic N) is 1. The molecule has 3 heteroatoms. The molecule has 0 bridgehead atoms. The van der Waals surface area contributed by atoms with E-state index < -0.39 is 6.67 Å². The Balaban J connectivity index is 2.76. The van der Waals surface area contributed by atoms with Gasteiger partial charge in [-0.2, -0.15) is 0 Å². The van der Waals surface area contributed by atoms with E-state index in [-0.39, 0.29) is 5.76 Å². The summed E-state index contributed by atoms with van der Waals surface area (Å²) >= 11 is 0. The summed E-state index contributed by atoms with van der Waals surface area (Å²) in [6.07, 6.45) is 1.41. The summed E-state index contributed by atoms with van der Waals surface area (Å²) in [5.41, 5.74) is 0. The molecule has 0 N–H and O–H groups in total. The minimum Gasteiger partial charge on any atom is -0.359 e. The highest BCUT2D eigenvalue weighted by atomic mass is 19.1. The van der Waals surface area contributed by atoms with Crippen LogP contribution in [0.1, 0.15) is 5.76 Å². The molecule has 2 nitrogen and oxygen atoms in total. The van der Waals surface area contributed by atoms with Gasteiger partial charge in [0.2, 0.25) is 0 Å². The number of alkyl halides is 1. The molecule has 0 aliphatic carbocycles. The van der Waals surface area contributed by atoms with Gasteiger partial charge in [0.05, 0.1) is 6.20 Å². The molecule has 1 aromatic rings. The topological polar surface area (TPSA) is 26.0 Å². The molecule has 0 spiro atoms. The maximum absolute atomic E-state index is 11.4. The first kappa shape index (κ1) is 4.30. The maximum atomic E-state index is 11.4. The molecule has 38 valence electrons. The van der Waals surface area contributed by atoms with Crippen LogP contribution in [0.15, 0.2) is 16.8 Å². The second-order valence-corrected chi connectivity index (χ2v) is 1.11. The van der Waals surface area contributed by atoms with Crippen molar-refractivity contribution in [1.29, 1.82) is 0 Å². The summed E-state index contributed by atoms with van der Waals surface area (Å²) in [6, 6.07) is 1.49. The predicted octanol–water partition coefficient (Wildman–Crippen LogP) is 1.14. The van der Waals surface area contributed by atoms with Crippen LogP contribution in [-0.4, -0.2) is 5.16 Å². The summed E-state index contributed by atoms with van der Waals surface area (Å²) in [4.78, 5) is 0. The summed E-state index contributed by atoms with van der Waals surface area (Å²) in [7, 11) is 0. The fraction of sp³-hybridized carbons (Fsp3) is 0.250. The van der Waals surface area contributed by atoms with Crippen molar-refractivity contribution in [2.75, 3.05) is 0 Å². The zero-order valence-electron chi connectivity index (χ0n) is 3.60. The van der Waals surface area contributed by atoms with Gasteiger partial charge in [0.1, 0.15) is 6.67 Å². The highest BCUT2D eigenvalue weighted by Crippen LogP contribution is 1.96. The zero-order valence-corrected chi connectivity index (χ0v) is 3.60. The monoisotopic (exact) mass is 101 g/mol. The second kappa shape index (κ2) is 1.73. The van der Waals surface area contributed by atoms with Gasteiger partial charge >= 0.3 is 0 Å². The first-order chi connectivity index (χ1) is 3.43. The SMILES string of the molecule is FCc1ccno1. The molecule has 0 aromatic carbocycles. The Morgan fingerprint density at radius 2 is 2.71 bits per heavy atom. The van der Waals surface area contributed by atoms with Crippen molar-refractivity contribution in [2.24, 2.45) is 0 Å². The Morgan fingerprint density at radius 3 is 3.00 bits per heavy atom. The Kier molecular flexibility index (Phi) is 1.06. The third-order valence-corrected chi connectivity index (χ3v) is 0.623. The lowest BCUT2D eigenvalue weighted by Crippen LogP contribution is -1.65. The first-order valence-electron chi connectivity index (χ1n) is 1.89. The average Bonchev–Trinajstić information content (AvgIpc) is 2.14. The molecule has 0 saturated carbocycles. The fourth-order valence-electron chi connectivity index (χ4n) is 0.311. The standard InChI is InChI=1S/C4H4FNO/c5-3-4-1-2-6-7-4/h1-2H,3H2. The van der Waals surface area contributed by atoms with E-state index in [0.29, 0.717) is 0 Å². The molecule has 0 aliphatic rings. The van der Waals surface area contributed by atoms with Gasteiger partial charge in [0.15, 0.2) is 5.76 Å². The largest absolute Gasteiger partial charge is 0.359 e. The lowest BCUT2D eigenvalue weighted by atomic mass is 10.5. The Labute approximate surface area is 39.9 Å². The van der Waals surface area contributed by atoms with Crippen LogP contribution >= 0.6 is 0 Å². The summed E-state index contributed by atoms with van der Waals surface area (Å²) < 4.78 is 15.8. The van der Waals surface area contributed by atoms with Crippen LogP contribution in [0, 0.1) is 0 Å². The highest BCUT2D eigenvalue weighted by Gasteiger charge is 1.89. The number of rotatable bonds is 1. The van der Waals surface area contributed by atoms with Gasteiger partial charge in [-0.1, -0.05) is 5.16 Å². The molecule has 0 saturated heterocycles. The van der Waals surface area contributed by atoms with Crippen molar-refractivity contribution in [3.8, 4) is 0 Å². The smallest absolute Gasteiger partial charge is 0.167 e. The van der Waals surface area contributed by atoms with Crippen LogP contribution in [0.3, 0.4) is 0 Å². The molecule has 1 aromatic heterocycles. The van der Waals surface area contributed by atoms with Crippen LogP contribution in [0.5, 0.6) is 0 Å². The van der Waals surface area contributed by atoms with Crippen LogP contribution in [-0.2, 0) is 6.67 Å². The molecule has 7 heavy (non-hydrogen) atoms. The van der Waals surface area contributed by atoms with Crippen molar-refractivity contribution >= 4 is 0 Å². The van der Waals surface area contributed by atoms with Gasteiger partial charge in [-0.3, -0.25) is 0 Å². The van der Waals surface area contributed by atoms with E-state index in [4.69, 9.17) is 0 Å².